The number of fused-ring (bicyclic) bond motifs is 3. The lowest BCUT2D eigenvalue weighted by Gasteiger charge is -2.18. The Morgan fingerprint density at radius 3 is 2.58 bits per heavy atom. The summed E-state index contributed by atoms with van der Waals surface area (Å²) >= 11 is 0. The van der Waals surface area contributed by atoms with Gasteiger partial charge < -0.3 is 19.2 Å². The molecule has 2 aromatic carbocycles. The van der Waals surface area contributed by atoms with E-state index in [9.17, 15) is 18.4 Å². The van der Waals surface area contributed by atoms with Crippen LogP contribution in [0.25, 0.3) is 16.6 Å². The van der Waals surface area contributed by atoms with E-state index in [1.165, 1.54) is 10.6 Å². The molecule has 0 unspecified atom stereocenters. The molecule has 6 nitrogen and oxygen atoms in total. The van der Waals surface area contributed by atoms with Crippen molar-refractivity contribution in [3.8, 4) is 0 Å². The highest BCUT2D eigenvalue weighted by atomic mass is 19.2. The second kappa shape index (κ2) is 8.31. The molecule has 2 heterocycles. The molecule has 0 saturated carbocycles. The summed E-state index contributed by atoms with van der Waals surface area (Å²) in [6.07, 6.45) is 1.78. The van der Waals surface area contributed by atoms with Gasteiger partial charge in [0, 0.05) is 31.9 Å². The van der Waals surface area contributed by atoms with E-state index >= 15 is 0 Å². The van der Waals surface area contributed by atoms with Gasteiger partial charge in [-0.15, -0.1) is 0 Å². The average molecular weight is 424 g/mol. The summed E-state index contributed by atoms with van der Waals surface area (Å²) < 4.78 is 30.3. The average Bonchev–Trinajstić information content (AvgIpc) is 3.26. The van der Waals surface area contributed by atoms with Crippen molar-refractivity contribution in [1.82, 2.24) is 19.2 Å². The summed E-state index contributed by atoms with van der Waals surface area (Å²) in [4.78, 5) is 27.6. The quantitative estimate of drug-likeness (QED) is 0.518. The Morgan fingerprint density at radius 2 is 1.84 bits per heavy atom. The first kappa shape index (κ1) is 20.7. The van der Waals surface area contributed by atoms with E-state index in [0.29, 0.717) is 35.2 Å². The molecule has 0 fully saturated rings. The fourth-order valence-corrected chi connectivity index (χ4v) is 3.67. The molecular formula is C23H22F2N4O2. The van der Waals surface area contributed by atoms with Crippen molar-refractivity contribution >= 4 is 22.5 Å². The largest absolute Gasteiger partial charge is 0.340 e. The Hall–Kier alpha value is -3.52. The number of likely N-dealkylation sites (N-methyl/N-ethyl adjacent to an activating group) is 2. The minimum Gasteiger partial charge on any atom is -0.340 e. The lowest BCUT2D eigenvalue weighted by atomic mass is 10.1. The van der Waals surface area contributed by atoms with Crippen molar-refractivity contribution in [3.05, 3.63) is 87.8 Å². The number of hydrogen-bond donors (Lipinski definition) is 1. The van der Waals surface area contributed by atoms with Gasteiger partial charge in [0.15, 0.2) is 11.6 Å². The Bertz CT molecular complexity index is 1340. The minimum absolute atomic E-state index is 0.0431. The molecule has 0 aliphatic rings. The summed E-state index contributed by atoms with van der Waals surface area (Å²) in [6.45, 7) is 1.23. The van der Waals surface area contributed by atoms with E-state index in [4.69, 9.17) is 0 Å². The lowest BCUT2D eigenvalue weighted by molar-refractivity contribution is 0.0797. The summed E-state index contributed by atoms with van der Waals surface area (Å²) in [5.41, 5.74) is 2.33. The van der Waals surface area contributed by atoms with Crippen molar-refractivity contribution in [2.75, 3.05) is 27.2 Å². The third kappa shape index (κ3) is 3.82. The molecular weight excluding hydrogens is 402 g/mol. The molecule has 1 amide bonds. The van der Waals surface area contributed by atoms with Crippen LogP contribution in [-0.4, -0.2) is 47.0 Å². The smallest absolute Gasteiger partial charge is 0.275 e. The number of aromatic nitrogens is 2. The van der Waals surface area contributed by atoms with Gasteiger partial charge in [0.05, 0.1) is 17.6 Å². The molecule has 0 atom stereocenters. The molecule has 0 bridgehead atoms. The van der Waals surface area contributed by atoms with E-state index in [-0.39, 0.29) is 18.0 Å². The van der Waals surface area contributed by atoms with E-state index in [0.717, 1.165) is 17.6 Å². The number of benzene rings is 2. The van der Waals surface area contributed by atoms with Gasteiger partial charge in [-0.25, -0.2) is 8.78 Å². The van der Waals surface area contributed by atoms with Crippen LogP contribution in [0, 0.1) is 11.6 Å². The zero-order valence-corrected chi connectivity index (χ0v) is 17.2. The number of carbonyl (C=O) groups excluding carboxylic acids is 1. The molecule has 0 saturated heterocycles. The van der Waals surface area contributed by atoms with Gasteiger partial charge in [0.2, 0.25) is 0 Å². The molecule has 160 valence electrons. The number of carbonyl (C=O) groups is 1. The highest BCUT2D eigenvalue weighted by molar-refractivity contribution is 5.97. The highest BCUT2D eigenvalue weighted by Gasteiger charge is 2.16. The second-order valence-corrected chi connectivity index (χ2v) is 7.44. The molecule has 4 rings (SSSR count). The van der Waals surface area contributed by atoms with E-state index in [1.54, 1.807) is 52.9 Å². The standard InChI is InChI=1S/C23H22F2N4O2/c1-26-9-11-27(2)22(30)16-6-8-19-21(13-16)29(23(31)20-4-3-10-28(19)20)14-15-5-7-17(24)18(25)12-15/h3-8,10,12-13,26H,9,11,14H2,1-2H3. The molecule has 31 heavy (non-hydrogen) atoms. The number of nitrogens with zero attached hydrogens (tertiary/aromatic N) is 3. The van der Waals surface area contributed by atoms with Crippen molar-refractivity contribution in [2.24, 2.45) is 0 Å². The number of nitrogens with one attached hydrogen (secondary N) is 1. The van der Waals surface area contributed by atoms with Crippen LogP contribution in [0.15, 0.2) is 59.5 Å². The molecule has 1 N–H and O–H groups in total. The number of halogens is 2. The predicted molar refractivity (Wildman–Crippen MR) is 116 cm³/mol. The van der Waals surface area contributed by atoms with Gasteiger partial charge in [-0.05, 0) is 55.1 Å². The zero-order valence-electron chi connectivity index (χ0n) is 17.2. The molecule has 4 aromatic rings. The minimum atomic E-state index is -0.972. The van der Waals surface area contributed by atoms with Crippen molar-refractivity contribution in [2.45, 2.75) is 6.54 Å². The number of amides is 1. The Morgan fingerprint density at radius 1 is 1.03 bits per heavy atom. The maximum atomic E-state index is 13.7. The second-order valence-electron chi connectivity index (χ2n) is 7.44. The van der Waals surface area contributed by atoms with Gasteiger partial charge in [0.1, 0.15) is 5.52 Å². The molecule has 0 spiro atoms. The van der Waals surface area contributed by atoms with Crippen LogP contribution in [0.1, 0.15) is 15.9 Å². The zero-order chi connectivity index (χ0) is 22.1. The van der Waals surface area contributed by atoms with Crippen LogP contribution >= 0.6 is 0 Å². The van der Waals surface area contributed by atoms with Crippen LogP contribution in [0.3, 0.4) is 0 Å². The maximum Gasteiger partial charge on any atom is 0.275 e. The van der Waals surface area contributed by atoms with Gasteiger partial charge in [0.25, 0.3) is 11.5 Å². The van der Waals surface area contributed by atoms with Crippen LogP contribution in [-0.2, 0) is 6.54 Å². The van der Waals surface area contributed by atoms with Gasteiger partial charge in [-0.1, -0.05) is 6.07 Å². The fourth-order valence-electron chi connectivity index (χ4n) is 3.67. The first-order chi connectivity index (χ1) is 14.9. The van der Waals surface area contributed by atoms with Crippen LogP contribution in [0.4, 0.5) is 8.78 Å². The Balaban J connectivity index is 1.87. The SMILES string of the molecule is CNCCN(C)C(=O)c1ccc2c(c1)n(Cc1ccc(F)c(F)c1)c(=O)c1cccn12. The van der Waals surface area contributed by atoms with Crippen molar-refractivity contribution in [1.29, 1.82) is 0 Å². The Kier molecular flexibility index (Phi) is 5.56. The van der Waals surface area contributed by atoms with Crippen LogP contribution in [0.2, 0.25) is 0 Å². The Labute approximate surface area is 177 Å². The van der Waals surface area contributed by atoms with Crippen molar-refractivity contribution < 1.29 is 13.6 Å². The normalized spacial score (nSPS) is 11.4. The van der Waals surface area contributed by atoms with Crippen molar-refractivity contribution in [3.63, 3.8) is 0 Å². The van der Waals surface area contributed by atoms with Crippen LogP contribution < -0.4 is 10.9 Å². The fraction of sp³-hybridized carbons (Fsp3) is 0.217. The third-order valence-electron chi connectivity index (χ3n) is 5.35. The number of hydrogen-bond acceptors (Lipinski definition) is 3. The molecule has 2 aromatic heterocycles. The van der Waals surface area contributed by atoms with Gasteiger partial charge in [-0.3, -0.25) is 9.59 Å². The molecule has 0 aliphatic carbocycles. The summed E-state index contributed by atoms with van der Waals surface area (Å²) in [5.74, 6) is -2.09. The molecule has 0 aliphatic heterocycles. The highest BCUT2D eigenvalue weighted by Crippen LogP contribution is 2.20. The first-order valence-electron chi connectivity index (χ1n) is 9.88. The summed E-state index contributed by atoms with van der Waals surface area (Å²) in [6, 6.07) is 12.2. The molecule has 8 heteroatoms. The lowest BCUT2D eigenvalue weighted by Crippen LogP contribution is -2.33. The van der Waals surface area contributed by atoms with Gasteiger partial charge in [-0.2, -0.15) is 0 Å². The first-order valence-corrected chi connectivity index (χ1v) is 9.88. The monoisotopic (exact) mass is 424 g/mol. The van der Waals surface area contributed by atoms with E-state index < -0.39 is 11.6 Å². The number of rotatable bonds is 6. The van der Waals surface area contributed by atoms with Gasteiger partial charge >= 0.3 is 0 Å². The van der Waals surface area contributed by atoms with Crippen LogP contribution in [0.5, 0.6) is 0 Å². The topological polar surface area (TPSA) is 58.8 Å². The molecule has 0 radical (unpaired) electrons. The third-order valence-corrected chi connectivity index (χ3v) is 5.35. The summed E-state index contributed by atoms with van der Waals surface area (Å²) in [7, 11) is 3.53. The maximum absolute atomic E-state index is 13.7. The summed E-state index contributed by atoms with van der Waals surface area (Å²) in [5, 5.41) is 3.00. The van der Waals surface area contributed by atoms with E-state index in [2.05, 4.69) is 5.32 Å². The predicted octanol–water partition coefficient (Wildman–Crippen LogP) is 2.87. The van der Waals surface area contributed by atoms with E-state index in [1.807, 2.05) is 7.05 Å².